The molecule has 0 unspecified atom stereocenters. The molecular formula is C18H19FN2O6. The number of amides is 3. The van der Waals surface area contributed by atoms with Crippen LogP contribution in [0.15, 0.2) is 24.3 Å². The van der Waals surface area contributed by atoms with Crippen LogP contribution in [0.5, 0.6) is 0 Å². The summed E-state index contributed by atoms with van der Waals surface area (Å²) >= 11 is 0. The van der Waals surface area contributed by atoms with E-state index in [0.717, 1.165) is 4.90 Å². The molecule has 2 aliphatic rings. The second-order valence-electron chi connectivity index (χ2n) is 6.34. The lowest BCUT2D eigenvalue weighted by molar-refractivity contribution is -0.155. The molecular weight excluding hydrogens is 359 g/mol. The van der Waals surface area contributed by atoms with Gasteiger partial charge in [-0.25, -0.2) is 14.1 Å². The Bertz CT molecular complexity index is 743. The summed E-state index contributed by atoms with van der Waals surface area (Å²) in [6.07, 6.45) is 0.0842. The molecule has 8 nitrogen and oxygen atoms in total. The van der Waals surface area contributed by atoms with Gasteiger partial charge in [0.05, 0.1) is 12.5 Å². The normalized spacial score (nSPS) is 17.6. The van der Waals surface area contributed by atoms with Gasteiger partial charge in [-0.05, 0) is 37.1 Å². The molecule has 0 spiro atoms. The summed E-state index contributed by atoms with van der Waals surface area (Å²) in [7, 11) is 0. The second kappa shape index (κ2) is 8.15. The van der Waals surface area contributed by atoms with Crippen LogP contribution in [-0.4, -0.2) is 66.5 Å². The minimum absolute atomic E-state index is 0.138. The van der Waals surface area contributed by atoms with Gasteiger partial charge in [0.1, 0.15) is 12.4 Å². The van der Waals surface area contributed by atoms with Crippen LogP contribution in [0, 0.1) is 11.7 Å². The molecule has 3 amide bonds. The molecule has 0 bridgehead atoms. The van der Waals surface area contributed by atoms with E-state index in [0.29, 0.717) is 31.5 Å². The van der Waals surface area contributed by atoms with Crippen molar-refractivity contribution in [1.82, 2.24) is 9.80 Å². The van der Waals surface area contributed by atoms with E-state index in [4.69, 9.17) is 4.74 Å². The van der Waals surface area contributed by atoms with E-state index in [-0.39, 0.29) is 19.1 Å². The first-order valence-electron chi connectivity index (χ1n) is 8.64. The molecule has 0 aromatic heterocycles. The summed E-state index contributed by atoms with van der Waals surface area (Å²) in [6, 6.07) is 5.30. The number of carbonyl (C=O) groups is 4. The number of nitrogens with zero attached hydrogens (tertiary/aromatic N) is 2. The minimum Gasteiger partial charge on any atom is -0.455 e. The molecule has 0 saturated carbocycles. The number of rotatable bonds is 4. The standard InChI is InChI=1S/C18H19FN2O6/c19-14-3-1-12(2-4-14)16(23)20-7-5-13(6-8-20)17(24)27-11-15(22)21-9-10-26-18(21)25/h1-4,13H,5-11H2. The van der Waals surface area contributed by atoms with Crippen LogP contribution in [0.2, 0.25) is 0 Å². The molecule has 0 radical (unpaired) electrons. The van der Waals surface area contributed by atoms with Gasteiger partial charge in [0.2, 0.25) is 0 Å². The van der Waals surface area contributed by atoms with Crippen LogP contribution in [0.25, 0.3) is 0 Å². The molecule has 2 heterocycles. The predicted molar refractivity (Wildman–Crippen MR) is 89.0 cm³/mol. The van der Waals surface area contributed by atoms with Crippen molar-refractivity contribution in [3.8, 4) is 0 Å². The topological polar surface area (TPSA) is 93.2 Å². The molecule has 2 aliphatic heterocycles. The number of hydrogen-bond donors (Lipinski definition) is 0. The lowest BCUT2D eigenvalue weighted by atomic mass is 9.96. The third-order valence-electron chi connectivity index (χ3n) is 4.61. The average Bonchev–Trinajstić information content (AvgIpc) is 3.12. The van der Waals surface area contributed by atoms with Gasteiger partial charge in [0.15, 0.2) is 6.61 Å². The number of carbonyl (C=O) groups excluding carboxylic acids is 4. The van der Waals surface area contributed by atoms with Crippen LogP contribution >= 0.6 is 0 Å². The Hall–Kier alpha value is -2.97. The van der Waals surface area contributed by atoms with Gasteiger partial charge >= 0.3 is 12.1 Å². The van der Waals surface area contributed by atoms with E-state index in [1.807, 2.05) is 0 Å². The molecule has 9 heteroatoms. The van der Waals surface area contributed by atoms with Gasteiger partial charge in [-0.2, -0.15) is 0 Å². The van der Waals surface area contributed by atoms with Crippen LogP contribution in [0.4, 0.5) is 9.18 Å². The van der Waals surface area contributed by atoms with Crippen molar-refractivity contribution in [3.63, 3.8) is 0 Å². The lowest BCUT2D eigenvalue weighted by Gasteiger charge is -2.31. The van der Waals surface area contributed by atoms with E-state index in [2.05, 4.69) is 4.74 Å². The summed E-state index contributed by atoms with van der Waals surface area (Å²) < 4.78 is 22.6. The minimum atomic E-state index is -0.733. The van der Waals surface area contributed by atoms with Crippen LogP contribution < -0.4 is 0 Å². The number of halogens is 1. The van der Waals surface area contributed by atoms with Crippen LogP contribution in [-0.2, 0) is 19.1 Å². The number of imide groups is 1. The Morgan fingerprint density at radius 2 is 1.78 bits per heavy atom. The highest BCUT2D eigenvalue weighted by atomic mass is 19.1. The highest BCUT2D eigenvalue weighted by Gasteiger charge is 2.32. The first-order valence-corrected chi connectivity index (χ1v) is 8.64. The lowest BCUT2D eigenvalue weighted by Crippen LogP contribution is -2.41. The Morgan fingerprint density at radius 3 is 2.37 bits per heavy atom. The summed E-state index contributed by atoms with van der Waals surface area (Å²) in [5.74, 6) is -2.19. The van der Waals surface area contributed by atoms with Crippen molar-refractivity contribution in [3.05, 3.63) is 35.6 Å². The summed E-state index contributed by atoms with van der Waals surface area (Å²) in [5, 5.41) is 0. The van der Waals surface area contributed by atoms with E-state index >= 15 is 0 Å². The van der Waals surface area contributed by atoms with Crippen molar-refractivity contribution in [2.75, 3.05) is 32.8 Å². The summed E-state index contributed by atoms with van der Waals surface area (Å²) in [5.41, 5.74) is 0.389. The highest BCUT2D eigenvalue weighted by molar-refractivity contribution is 5.95. The Balaban J connectivity index is 1.45. The largest absolute Gasteiger partial charge is 0.455 e. The van der Waals surface area contributed by atoms with Gasteiger partial charge in [0.25, 0.3) is 11.8 Å². The molecule has 27 heavy (non-hydrogen) atoms. The van der Waals surface area contributed by atoms with Crippen molar-refractivity contribution >= 4 is 23.9 Å². The molecule has 0 N–H and O–H groups in total. The van der Waals surface area contributed by atoms with Crippen LogP contribution in [0.1, 0.15) is 23.2 Å². The fourth-order valence-electron chi connectivity index (χ4n) is 3.04. The zero-order chi connectivity index (χ0) is 19.4. The molecule has 1 aromatic rings. The number of cyclic esters (lactones) is 1. The zero-order valence-corrected chi connectivity index (χ0v) is 14.6. The van der Waals surface area contributed by atoms with Crippen LogP contribution in [0.3, 0.4) is 0 Å². The smallest absolute Gasteiger partial charge is 0.416 e. The Kier molecular flexibility index (Phi) is 5.68. The summed E-state index contributed by atoms with van der Waals surface area (Å²) in [6.45, 7) is 0.506. The SMILES string of the molecule is O=C(OCC(=O)N1CCOC1=O)C1CCN(C(=O)c2ccc(F)cc2)CC1. The average molecular weight is 378 g/mol. The molecule has 1 aromatic carbocycles. The van der Waals surface area contributed by atoms with E-state index < -0.39 is 36.3 Å². The second-order valence-corrected chi connectivity index (χ2v) is 6.34. The Morgan fingerprint density at radius 1 is 1.11 bits per heavy atom. The third kappa shape index (κ3) is 4.42. The van der Waals surface area contributed by atoms with Crippen molar-refractivity contribution in [1.29, 1.82) is 0 Å². The first kappa shape index (κ1) is 18.8. The maximum Gasteiger partial charge on any atom is 0.416 e. The van der Waals surface area contributed by atoms with Crippen molar-refractivity contribution < 1.29 is 33.0 Å². The van der Waals surface area contributed by atoms with E-state index in [1.165, 1.54) is 24.3 Å². The number of esters is 1. The molecule has 0 atom stereocenters. The fourth-order valence-corrected chi connectivity index (χ4v) is 3.04. The molecule has 2 saturated heterocycles. The predicted octanol–water partition coefficient (Wildman–Crippen LogP) is 1.20. The van der Waals surface area contributed by atoms with Gasteiger partial charge < -0.3 is 14.4 Å². The number of likely N-dealkylation sites (tertiary alicyclic amines) is 1. The van der Waals surface area contributed by atoms with Crippen molar-refractivity contribution in [2.45, 2.75) is 12.8 Å². The number of hydrogen-bond acceptors (Lipinski definition) is 6. The third-order valence-corrected chi connectivity index (χ3v) is 4.61. The van der Waals surface area contributed by atoms with Gasteiger partial charge in [-0.1, -0.05) is 0 Å². The summed E-state index contributed by atoms with van der Waals surface area (Å²) in [4.78, 5) is 50.1. The van der Waals surface area contributed by atoms with Crippen molar-refractivity contribution in [2.24, 2.45) is 5.92 Å². The fraction of sp³-hybridized carbons (Fsp3) is 0.444. The van der Waals surface area contributed by atoms with Gasteiger partial charge in [-0.3, -0.25) is 14.4 Å². The monoisotopic (exact) mass is 378 g/mol. The van der Waals surface area contributed by atoms with Gasteiger partial charge in [0, 0.05) is 18.7 Å². The molecule has 0 aliphatic carbocycles. The number of piperidine rings is 1. The molecule has 144 valence electrons. The molecule has 3 rings (SSSR count). The van der Waals surface area contributed by atoms with E-state index in [9.17, 15) is 23.6 Å². The van der Waals surface area contributed by atoms with E-state index in [1.54, 1.807) is 4.90 Å². The van der Waals surface area contributed by atoms with Gasteiger partial charge in [-0.15, -0.1) is 0 Å². The Labute approximate surface area is 154 Å². The number of benzene rings is 1. The number of ether oxygens (including phenoxy) is 2. The molecule has 2 fully saturated rings. The maximum atomic E-state index is 13.0. The highest BCUT2D eigenvalue weighted by Crippen LogP contribution is 2.20. The maximum absolute atomic E-state index is 13.0. The zero-order valence-electron chi connectivity index (χ0n) is 14.6. The quantitative estimate of drug-likeness (QED) is 0.731. The first-order chi connectivity index (χ1) is 13.0.